The molecule has 1 aromatic carbocycles. The number of nitrogens with one attached hydrogen (secondary N) is 1. The van der Waals surface area contributed by atoms with Crippen molar-refractivity contribution >= 4 is 34.1 Å². The van der Waals surface area contributed by atoms with E-state index in [0.29, 0.717) is 0 Å². The Morgan fingerprint density at radius 3 is 2.90 bits per heavy atom. The van der Waals surface area contributed by atoms with E-state index in [-0.39, 0.29) is 5.91 Å². The van der Waals surface area contributed by atoms with Crippen molar-refractivity contribution in [1.82, 2.24) is 4.98 Å². The minimum absolute atomic E-state index is 0.0659. The van der Waals surface area contributed by atoms with Crippen molar-refractivity contribution in [3.05, 3.63) is 40.4 Å². The van der Waals surface area contributed by atoms with Gasteiger partial charge in [0.25, 0.3) is 5.91 Å². The number of carbonyl (C=O) groups excluding carboxylic acids is 1. The number of aromatic nitrogens is 1. The number of benzene rings is 1. The molecular formula is C16H18N2OS2. The molecule has 3 nitrogen and oxygen atoms in total. The van der Waals surface area contributed by atoms with Crippen LogP contribution in [0.15, 0.2) is 29.2 Å². The molecule has 1 aliphatic rings. The Hall–Kier alpha value is -1.33. The molecule has 5 heteroatoms. The maximum atomic E-state index is 12.4. The first-order valence-corrected chi connectivity index (χ1v) is 9.25. The van der Waals surface area contributed by atoms with Gasteiger partial charge in [-0.25, -0.2) is 4.98 Å². The van der Waals surface area contributed by atoms with Crippen LogP contribution in [0.2, 0.25) is 0 Å². The highest BCUT2D eigenvalue weighted by Gasteiger charge is 2.17. The monoisotopic (exact) mass is 318 g/mol. The van der Waals surface area contributed by atoms with E-state index < -0.39 is 0 Å². The van der Waals surface area contributed by atoms with Gasteiger partial charge in [-0.2, -0.15) is 0 Å². The van der Waals surface area contributed by atoms with Crippen LogP contribution in [0.4, 0.5) is 5.13 Å². The Labute approximate surface area is 133 Å². The van der Waals surface area contributed by atoms with Gasteiger partial charge in [-0.05, 0) is 44.1 Å². The van der Waals surface area contributed by atoms with Gasteiger partial charge in [-0.15, -0.1) is 23.1 Å². The molecule has 0 saturated heterocycles. The third-order valence-corrected chi connectivity index (χ3v) is 5.54. The lowest BCUT2D eigenvalue weighted by Crippen LogP contribution is -2.12. The lowest BCUT2D eigenvalue weighted by atomic mass is 10.2. The largest absolute Gasteiger partial charge is 0.298 e. The summed E-state index contributed by atoms with van der Waals surface area (Å²) in [5.41, 5.74) is 1.90. The number of carbonyl (C=O) groups is 1. The molecule has 1 aliphatic carbocycles. The molecule has 0 fully saturated rings. The van der Waals surface area contributed by atoms with E-state index in [9.17, 15) is 4.79 Å². The van der Waals surface area contributed by atoms with Gasteiger partial charge in [-0.1, -0.05) is 18.6 Å². The molecule has 3 rings (SSSR count). The van der Waals surface area contributed by atoms with Gasteiger partial charge in [0.05, 0.1) is 11.3 Å². The number of hydrogen-bond donors (Lipinski definition) is 1. The van der Waals surface area contributed by atoms with Crippen LogP contribution in [0.3, 0.4) is 0 Å². The van der Waals surface area contributed by atoms with Crippen molar-refractivity contribution < 1.29 is 4.79 Å². The predicted molar refractivity (Wildman–Crippen MR) is 89.5 cm³/mol. The molecule has 0 aliphatic heterocycles. The summed E-state index contributed by atoms with van der Waals surface area (Å²) in [4.78, 5) is 19.4. The van der Waals surface area contributed by atoms with E-state index in [0.717, 1.165) is 28.4 Å². The third-order valence-electron chi connectivity index (χ3n) is 3.67. The summed E-state index contributed by atoms with van der Waals surface area (Å²) in [5.74, 6) is -0.0659. The molecule has 0 atom stereocenters. The Kier molecular flexibility index (Phi) is 4.60. The summed E-state index contributed by atoms with van der Waals surface area (Å²) >= 11 is 3.22. The van der Waals surface area contributed by atoms with Gasteiger partial charge >= 0.3 is 0 Å². The van der Waals surface area contributed by atoms with Gasteiger partial charge in [0.15, 0.2) is 5.13 Å². The molecule has 21 heavy (non-hydrogen) atoms. The Morgan fingerprint density at radius 1 is 1.24 bits per heavy atom. The van der Waals surface area contributed by atoms with Crippen molar-refractivity contribution in [2.45, 2.75) is 37.0 Å². The molecule has 0 saturated carbocycles. The lowest BCUT2D eigenvalue weighted by molar-refractivity contribution is 0.102. The molecular weight excluding hydrogens is 300 g/mol. The van der Waals surface area contributed by atoms with Crippen LogP contribution in [-0.4, -0.2) is 17.1 Å². The fourth-order valence-electron chi connectivity index (χ4n) is 2.58. The number of amides is 1. The third kappa shape index (κ3) is 3.30. The second kappa shape index (κ2) is 6.62. The first kappa shape index (κ1) is 14.6. The zero-order chi connectivity index (χ0) is 14.7. The summed E-state index contributed by atoms with van der Waals surface area (Å²) in [6.07, 6.45) is 7.86. The quantitative estimate of drug-likeness (QED) is 0.674. The summed E-state index contributed by atoms with van der Waals surface area (Å²) in [6.45, 7) is 0. The zero-order valence-corrected chi connectivity index (χ0v) is 13.6. The van der Waals surface area contributed by atoms with Crippen LogP contribution in [0.5, 0.6) is 0 Å². The Bertz CT molecular complexity index is 628. The number of rotatable bonds is 3. The molecule has 110 valence electrons. The van der Waals surface area contributed by atoms with E-state index in [4.69, 9.17) is 0 Å². The summed E-state index contributed by atoms with van der Waals surface area (Å²) in [7, 11) is 0. The fourth-order valence-corrected chi connectivity index (χ4v) is 4.22. The average molecular weight is 318 g/mol. The summed E-state index contributed by atoms with van der Waals surface area (Å²) in [6, 6.07) is 7.68. The van der Waals surface area contributed by atoms with Gasteiger partial charge < -0.3 is 0 Å². The number of anilines is 1. The number of thioether (sulfide) groups is 1. The second-order valence-corrected chi connectivity index (χ2v) is 7.04. The van der Waals surface area contributed by atoms with E-state index in [1.807, 2.05) is 30.5 Å². The standard InChI is InChI=1S/C16H18N2OS2/c1-20-13-9-6-5-7-11(13)15(19)18-16-17-12-8-3-2-4-10-14(12)21-16/h5-7,9H,2-4,8,10H2,1H3,(H,17,18,19). The number of nitrogens with zero attached hydrogens (tertiary/aromatic N) is 1. The average Bonchev–Trinajstić information content (AvgIpc) is 2.75. The second-order valence-electron chi connectivity index (χ2n) is 5.10. The first-order valence-electron chi connectivity index (χ1n) is 7.21. The molecule has 1 N–H and O–H groups in total. The number of hydrogen-bond acceptors (Lipinski definition) is 4. The highest BCUT2D eigenvalue weighted by molar-refractivity contribution is 7.98. The van der Waals surface area contributed by atoms with Crippen LogP contribution in [-0.2, 0) is 12.8 Å². The van der Waals surface area contributed by atoms with Crippen LogP contribution < -0.4 is 5.32 Å². The molecule has 1 heterocycles. The van der Waals surface area contributed by atoms with Crippen LogP contribution in [0.25, 0.3) is 0 Å². The minimum Gasteiger partial charge on any atom is -0.298 e. The van der Waals surface area contributed by atoms with Crippen LogP contribution in [0.1, 0.15) is 40.2 Å². The smallest absolute Gasteiger partial charge is 0.258 e. The van der Waals surface area contributed by atoms with Gasteiger partial charge in [0.1, 0.15) is 0 Å². The predicted octanol–water partition coefficient (Wildman–Crippen LogP) is 4.39. The first-order chi connectivity index (χ1) is 10.3. The fraction of sp³-hybridized carbons (Fsp3) is 0.375. The summed E-state index contributed by atoms with van der Waals surface area (Å²) < 4.78 is 0. The van der Waals surface area contributed by atoms with Crippen LogP contribution in [0, 0.1) is 0 Å². The number of thiazole rings is 1. The number of aryl methyl sites for hydroxylation is 2. The van der Waals surface area contributed by atoms with Gasteiger partial charge in [0.2, 0.25) is 0 Å². The van der Waals surface area contributed by atoms with E-state index in [2.05, 4.69) is 10.3 Å². The van der Waals surface area contributed by atoms with Crippen LogP contribution >= 0.6 is 23.1 Å². The van der Waals surface area contributed by atoms with Crippen molar-refractivity contribution in [2.24, 2.45) is 0 Å². The topological polar surface area (TPSA) is 42.0 Å². The molecule has 0 bridgehead atoms. The number of fused-ring (bicyclic) bond motifs is 1. The highest BCUT2D eigenvalue weighted by atomic mass is 32.2. The zero-order valence-electron chi connectivity index (χ0n) is 12.0. The highest BCUT2D eigenvalue weighted by Crippen LogP contribution is 2.29. The van der Waals surface area contributed by atoms with Gasteiger partial charge in [0, 0.05) is 9.77 Å². The van der Waals surface area contributed by atoms with E-state index in [1.54, 1.807) is 23.1 Å². The van der Waals surface area contributed by atoms with Gasteiger partial charge in [-0.3, -0.25) is 10.1 Å². The SMILES string of the molecule is CSc1ccccc1C(=O)Nc1nc2c(s1)CCCCC2. The maximum absolute atomic E-state index is 12.4. The molecule has 2 aromatic rings. The maximum Gasteiger partial charge on any atom is 0.258 e. The molecule has 1 amide bonds. The van der Waals surface area contributed by atoms with Crippen molar-refractivity contribution in [1.29, 1.82) is 0 Å². The van der Waals surface area contributed by atoms with Crippen molar-refractivity contribution in [3.8, 4) is 0 Å². The normalized spacial score (nSPS) is 14.3. The van der Waals surface area contributed by atoms with E-state index in [1.165, 1.54) is 29.8 Å². The van der Waals surface area contributed by atoms with E-state index >= 15 is 0 Å². The van der Waals surface area contributed by atoms with Crippen molar-refractivity contribution in [2.75, 3.05) is 11.6 Å². The molecule has 0 spiro atoms. The summed E-state index contributed by atoms with van der Waals surface area (Å²) in [5, 5.41) is 3.70. The minimum atomic E-state index is -0.0659. The Balaban J connectivity index is 1.79. The molecule has 1 aromatic heterocycles. The Morgan fingerprint density at radius 2 is 2.05 bits per heavy atom. The lowest BCUT2D eigenvalue weighted by Gasteiger charge is -2.06. The molecule has 0 unspecified atom stereocenters. The molecule has 0 radical (unpaired) electrons. The van der Waals surface area contributed by atoms with Crippen molar-refractivity contribution in [3.63, 3.8) is 0 Å².